The summed E-state index contributed by atoms with van der Waals surface area (Å²) in [5.74, 6) is 0.465. The number of benzene rings is 1. The molecule has 2 aromatic heterocycles. The van der Waals surface area contributed by atoms with Gasteiger partial charge in [0.15, 0.2) is 0 Å². The van der Waals surface area contributed by atoms with Crippen molar-refractivity contribution < 1.29 is 17.9 Å². The van der Waals surface area contributed by atoms with E-state index in [0.29, 0.717) is 19.2 Å². The molecule has 1 saturated carbocycles. The monoisotopic (exact) mass is 441 g/mol. The maximum absolute atomic E-state index is 13.3. The lowest BCUT2D eigenvalue weighted by molar-refractivity contribution is -0.140. The van der Waals surface area contributed by atoms with Gasteiger partial charge in [-0.1, -0.05) is 12.1 Å². The summed E-state index contributed by atoms with van der Waals surface area (Å²) in [7, 11) is 0. The number of ether oxygens (including phenoxy) is 1. The molecular weight excluding hydrogens is 421 g/mol. The summed E-state index contributed by atoms with van der Waals surface area (Å²) in [5.41, 5.74) is 1.57. The largest absolute Gasteiger partial charge is 0.433 e. The van der Waals surface area contributed by atoms with E-state index in [0.717, 1.165) is 37.8 Å². The van der Waals surface area contributed by atoms with Gasteiger partial charge in [0.2, 0.25) is 5.95 Å². The first kappa shape index (κ1) is 19.7. The van der Waals surface area contributed by atoms with Crippen LogP contribution in [-0.2, 0) is 16.3 Å². The van der Waals surface area contributed by atoms with Crippen LogP contribution in [0.3, 0.4) is 0 Å². The van der Waals surface area contributed by atoms with Crippen LogP contribution in [0.2, 0.25) is 0 Å². The van der Waals surface area contributed by atoms with Crippen LogP contribution >= 0.6 is 0 Å². The second-order valence-electron chi connectivity index (χ2n) is 8.42. The second kappa shape index (κ2) is 7.01. The van der Waals surface area contributed by atoms with Gasteiger partial charge in [0, 0.05) is 42.0 Å². The Kier molecular flexibility index (Phi) is 4.31. The number of anilines is 2. The van der Waals surface area contributed by atoms with Crippen LogP contribution in [0, 0.1) is 6.07 Å². The van der Waals surface area contributed by atoms with Crippen LogP contribution in [0.4, 0.5) is 24.8 Å². The van der Waals surface area contributed by atoms with Crippen LogP contribution in [0.5, 0.6) is 0 Å². The van der Waals surface area contributed by atoms with Crippen LogP contribution < -0.4 is 4.90 Å². The fourth-order valence-corrected chi connectivity index (χ4v) is 5.08. The van der Waals surface area contributed by atoms with Crippen molar-refractivity contribution >= 4 is 11.6 Å². The number of alkyl halides is 3. The van der Waals surface area contributed by atoms with Crippen molar-refractivity contribution in [2.75, 3.05) is 31.2 Å². The number of aromatic amines is 1. The Balaban J connectivity index is 1.41. The van der Waals surface area contributed by atoms with Crippen LogP contribution in [0.25, 0.3) is 11.1 Å². The minimum Gasteiger partial charge on any atom is -0.379 e. The van der Waals surface area contributed by atoms with Gasteiger partial charge in [-0.25, -0.2) is 9.97 Å². The highest BCUT2D eigenvalue weighted by molar-refractivity contribution is 5.73. The predicted molar refractivity (Wildman–Crippen MR) is 109 cm³/mol. The van der Waals surface area contributed by atoms with Gasteiger partial charge in [0.05, 0.1) is 31.3 Å². The number of nitrogens with one attached hydrogen (secondary N) is 1. The molecule has 1 radical (unpaired) electrons. The smallest absolute Gasteiger partial charge is 0.379 e. The van der Waals surface area contributed by atoms with Crippen LogP contribution in [0.15, 0.2) is 36.8 Å². The lowest BCUT2D eigenvalue weighted by Gasteiger charge is -2.40. The Morgan fingerprint density at radius 1 is 1.12 bits per heavy atom. The number of hydrogen-bond acceptors (Lipinski definition) is 6. The molecule has 3 aromatic rings. The van der Waals surface area contributed by atoms with Crippen LogP contribution in [-0.4, -0.2) is 57.5 Å². The van der Waals surface area contributed by atoms with E-state index in [2.05, 4.69) is 37.0 Å². The Morgan fingerprint density at radius 3 is 2.56 bits per heavy atom. The number of hydrogen-bond donors (Lipinski definition) is 1. The average molecular weight is 441 g/mol. The third-order valence-corrected chi connectivity index (χ3v) is 6.64. The van der Waals surface area contributed by atoms with Crippen molar-refractivity contribution in [2.24, 2.45) is 0 Å². The molecule has 32 heavy (non-hydrogen) atoms. The van der Waals surface area contributed by atoms with Crippen molar-refractivity contribution in [1.82, 2.24) is 25.1 Å². The quantitative estimate of drug-likeness (QED) is 0.671. The Bertz CT molecular complexity index is 1140. The summed E-state index contributed by atoms with van der Waals surface area (Å²) in [6, 6.07) is 9.16. The van der Waals surface area contributed by atoms with E-state index in [1.807, 2.05) is 17.2 Å². The van der Waals surface area contributed by atoms with Gasteiger partial charge in [0.1, 0.15) is 5.69 Å². The molecule has 1 atom stereocenters. The molecule has 7 nitrogen and oxygen atoms in total. The molecule has 1 spiro atoms. The fraction of sp³-hybridized carbons (Fsp3) is 0.409. The van der Waals surface area contributed by atoms with Gasteiger partial charge < -0.3 is 4.74 Å². The Hall–Kier alpha value is -2.98. The molecule has 0 amide bonds. The summed E-state index contributed by atoms with van der Waals surface area (Å²) in [6.07, 6.45) is 1.68. The molecular formula is C22H20F3N6O. The summed E-state index contributed by atoms with van der Waals surface area (Å²) >= 11 is 0. The summed E-state index contributed by atoms with van der Waals surface area (Å²) in [4.78, 5) is 13.5. The first-order valence-electron chi connectivity index (χ1n) is 10.5. The third kappa shape index (κ3) is 2.93. The lowest BCUT2D eigenvalue weighted by atomic mass is 9.95. The molecule has 10 heteroatoms. The maximum atomic E-state index is 13.3. The Labute approximate surface area is 182 Å². The Morgan fingerprint density at radius 2 is 1.88 bits per heavy atom. The molecule has 165 valence electrons. The normalized spacial score (nSPS) is 22.3. The summed E-state index contributed by atoms with van der Waals surface area (Å²) in [5, 5.41) is 5.59. The van der Waals surface area contributed by atoms with Gasteiger partial charge in [-0.3, -0.25) is 14.9 Å². The number of rotatable bonds is 3. The minimum absolute atomic E-state index is 0.0117. The summed E-state index contributed by atoms with van der Waals surface area (Å²) in [6.45, 7) is 2.96. The fourth-order valence-electron chi connectivity index (χ4n) is 5.08. The highest BCUT2D eigenvalue weighted by atomic mass is 19.4. The third-order valence-electron chi connectivity index (χ3n) is 6.64. The highest BCUT2D eigenvalue weighted by Crippen LogP contribution is 2.62. The zero-order valence-corrected chi connectivity index (χ0v) is 17.1. The van der Waals surface area contributed by atoms with Crippen molar-refractivity contribution in [3.05, 3.63) is 54.1 Å². The molecule has 1 aromatic carbocycles. The van der Waals surface area contributed by atoms with Crippen molar-refractivity contribution in [2.45, 2.75) is 30.6 Å². The molecule has 3 aliphatic rings. The molecule has 1 unspecified atom stereocenters. The molecule has 0 bridgehead atoms. The van der Waals surface area contributed by atoms with E-state index >= 15 is 0 Å². The molecule has 2 aliphatic heterocycles. The second-order valence-corrected chi connectivity index (χ2v) is 8.42. The van der Waals surface area contributed by atoms with E-state index in [1.54, 1.807) is 0 Å². The highest BCUT2D eigenvalue weighted by Gasteiger charge is 2.61. The number of morpholine rings is 1. The number of H-pyrrole nitrogens is 1. The first-order valence-corrected chi connectivity index (χ1v) is 10.5. The van der Waals surface area contributed by atoms with E-state index in [-0.39, 0.29) is 22.7 Å². The zero-order chi connectivity index (χ0) is 21.9. The summed E-state index contributed by atoms with van der Waals surface area (Å²) < 4.78 is 45.4. The molecule has 1 aliphatic carbocycles. The average Bonchev–Trinajstić information content (AvgIpc) is 3.32. The molecule has 1 saturated heterocycles. The number of halogens is 3. The van der Waals surface area contributed by atoms with E-state index < -0.39 is 11.9 Å². The van der Waals surface area contributed by atoms with Crippen molar-refractivity contribution in [3.63, 3.8) is 0 Å². The lowest BCUT2D eigenvalue weighted by Crippen LogP contribution is -2.54. The van der Waals surface area contributed by atoms with Crippen molar-refractivity contribution in [1.29, 1.82) is 0 Å². The molecule has 1 N–H and O–H groups in total. The molecule has 4 heterocycles. The number of nitrogens with zero attached hydrogens (tertiary/aromatic N) is 5. The first-order chi connectivity index (χ1) is 15.5. The standard InChI is InChI=1S/C22H20F3N6O/c23-22(24,25)18-15(13-28-29-18)14-11-26-20(27-12-14)31-17-4-2-1-3-16(17)21(5-6-21)19(31)30-7-9-32-10-8-30/h1,3-4,11-13,19H,5-10H2,(H,28,29). The van der Waals surface area contributed by atoms with Gasteiger partial charge in [-0.15, -0.1) is 0 Å². The number of fused-ring (bicyclic) bond motifs is 2. The van der Waals surface area contributed by atoms with Gasteiger partial charge >= 0.3 is 6.18 Å². The van der Waals surface area contributed by atoms with Gasteiger partial charge in [0.25, 0.3) is 0 Å². The SMILES string of the molecule is FC(F)(F)c1[nH]ncc1-c1cnc(N2c3c[c]ccc3C3(CC3)C2N2CCOCC2)nc1. The van der Waals surface area contributed by atoms with E-state index in [1.165, 1.54) is 18.0 Å². The minimum atomic E-state index is -4.53. The number of aromatic nitrogens is 4. The zero-order valence-electron chi connectivity index (χ0n) is 17.1. The van der Waals surface area contributed by atoms with Gasteiger partial charge in [-0.05, 0) is 30.5 Å². The molecule has 2 fully saturated rings. The van der Waals surface area contributed by atoms with Crippen molar-refractivity contribution in [3.8, 4) is 11.1 Å². The topological polar surface area (TPSA) is 70.2 Å². The predicted octanol–water partition coefficient (Wildman–Crippen LogP) is 3.53. The van der Waals surface area contributed by atoms with E-state index in [4.69, 9.17) is 4.74 Å². The van der Waals surface area contributed by atoms with Crippen LogP contribution in [0.1, 0.15) is 24.1 Å². The molecule has 6 rings (SSSR count). The van der Waals surface area contributed by atoms with E-state index in [9.17, 15) is 13.2 Å². The maximum Gasteiger partial charge on any atom is 0.433 e. The van der Waals surface area contributed by atoms with Gasteiger partial charge in [-0.2, -0.15) is 18.3 Å².